The Bertz CT molecular complexity index is 522. The second-order valence-electron chi connectivity index (χ2n) is 4.47. The zero-order chi connectivity index (χ0) is 11.5. The summed E-state index contributed by atoms with van der Waals surface area (Å²) in [4.78, 5) is 0. The molecule has 2 aromatic rings. The first-order chi connectivity index (χ1) is 8.43. The number of hydrogen-bond acceptors (Lipinski definition) is 2. The maximum absolute atomic E-state index is 2.55. The number of nitrogens with zero attached hydrogens (tertiary/aromatic N) is 1. The first-order valence-electron chi connectivity index (χ1n) is 6.08. The Morgan fingerprint density at radius 2 is 1.82 bits per heavy atom. The summed E-state index contributed by atoms with van der Waals surface area (Å²) in [5, 5.41) is 4.37. The molecule has 1 unspecified atom stereocenters. The summed E-state index contributed by atoms with van der Waals surface area (Å²) in [6, 6.07) is 11.0. The number of hydrogen-bond donors (Lipinski definition) is 0. The van der Waals surface area contributed by atoms with Crippen LogP contribution in [0.2, 0.25) is 0 Å². The fourth-order valence-electron chi connectivity index (χ4n) is 2.49. The van der Waals surface area contributed by atoms with E-state index in [0.29, 0.717) is 5.92 Å². The van der Waals surface area contributed by atoms with Gasteiger partial charge in [-0.05, 0) is 12.0 Å². The van der Waals surface area contributed by atoms with Crippen molar-refractivity contribution in [3.8, 4) is 0 Å². The summed E-state index contributed by atoms with van der Waals surface area (Å²) in [7, 11) is 0. The van der Waals surface area contributed by atoms with Gasteiger partial charge >= 0.3 is 3.98 Å². The largest absolute Gasteiger partial charge is 0.313 e. The Labute approximate surface area is 110 Å². The molecule has 1 aromatic heterocycles. The van der Waals surface area contributed by atoms with Gasteiger partial charge in [0.05, 0.1) is 0 Å². The van der Waals surface area contributed by atoms with E-state index in [0.717, 1.165) is 0 Å². The van der Waals surface area contributed by atoms with Crippen molar-refractivity contribution in [1.29, 1.82) is 0 Å². The van der Waals surface area contributed by atoms with Gasteiger partial charge in [-0.15, -0.1) is 0 Å². The van der Waals surface area contributed by atoms with Crippen LogP contribution >= 0.6 is 22.7 Å². The molecule has 1 atom stereocenters. The molecular weight excluding hydrogens is 246 g/mol. The lowest BCUT2D eigenvalue weighted by atomic mass is 9.91. The van der Waals surface area contributed by atoms with Crippen molar-refractivity contribution in [2.45, 2.75) is 18.8 Å². The average Bonchev–Trinajstić information content (AvgIpc) is 2.94. The van der Waals surface area contributed by atoms with Crippen molar-refractivity contribution in [2.24, 2.45) is 0 Å². The van der Waals surface area contributed by atoms with E-state index in [1.807, 2.05) is 22.7 Å². The van der Waals surface area contributed by atoms with Gasteiger partial charge in [0.15, 0.2) is 6.54 Å². The van der Waals surface area contributed by atoms with Crippen molar-refractivity contribution >= 4 is 22.7 Å². The van der Waals surface area contributed by atoms with Crippen LogP contribution in [0.5, 0.6) is 0 Å². The molecule has 3 rings (SSSR count). The summed E-state index contributed by atoms with van der Waals surface area (Å²) in [5.74, 6) is 0.708. The van der Waals surface area contributed by atoms with Crippen molar-refractivity contribution in [3.05, 3.63) is 50.6 Å². The minimum atomic E-state index is 0.708. The van der Waals surface area contributed by atoms with Crippen LogP contribution in [0.3, 0.4) is 0 Å². The fourth-order valence-corrected chi connectivity index (χ4v) is 4.35. The van der Waals surface area contributed by atoms with Crippen molar-refractivity contribution < 1.29 is 0 Å². The molecule has 1 aromatic carbocycles. The summed E-state index contributed by atoms with van der Waals surface area (Å²) in [6.07, 6.45) is 2.64. The first kappa shape index (κ1) is 11.2. The van der Waals surface area contributed by atoms with Crippen LogP contribution in [-0.2, 0) is 0 Å². The molecule has 1 nitrogen and oxygen atoms in total. The number of piperidine rings is 1. The van der Waals surface area contributed by atoms with Gasteiger partial charge in [0.2, 0.25) is 0 Å². The minimum Gasteiger partial charge on any atom is -0.211 e. The third-order valence-corrected chi connectivity index (χ3v) is 5.56. The highest BCUT2D eigenvalue weighted by molar-refractivity contribution is 7.24. The molecule has 0 radical (unpaired) electrons. The molecule has 0 aliphatic carbocycles. The standard InChI is InChI=1S/C14H16NS2/c1-2-5-12(6-3-1)13-7-4-8-15(11-13)14-16-9-10-17-14/h1-3,5-6,9-10,13H,4,7-8,11H2/q+1. The van der Waals surface area contributed by atoms with E-state index in [1.54, 1.807) is 0 Å². The summed E-state index contributed by atoms with van der Waals surface area (Å²) >= 11 is 3.74. The lowest BCUT2D eigenvalue weighted by Crippen LogP contribution is -2.35. The van der Waals surface area contributed by atoms with Crippen LogP contribution in [0, 0.1) is 0 Å². The maximum atomic E-state index is 2.55. The first-order valence-corrected chi connectivity index (χ1v) is 7.84. The molecule has 2 heterocycles. The fraction of sp³-hybridized carbons (Fsp3) is 0.357. The predicted octanol–water partition coefficient (Wildman–Crippen LogP) is 3.16. The van der Waals surface area contributed by atoms with Gasteiger partial charge < -0.3 is 0 Å². The van der Waals surface area contributed by atoms with E-state index in [9.17, 15) is 0 Å². The van der Waals surface area contributed by atoms with E-state index in [2.05, 4.69) is 45.7 Å². The minimum absolute atomic E-state index is 0.708. The normalized spacial score (nSPS) is 20.5. The summed E-state index contributed by atoms with van der Waals surface area (Å²) in [5.41, 5.74) is 1.50. The third-order valence-electron chi connectivity index (χ3n) is 3.34. The van der Waals surface area contributed by atoms with Gasteiger partial charge in [0.25, 0.3) is 0 Å². The van der Waals surface area contributed by atoms with Crippen LogP contribution < -0.4 is 8.56 Å². The molecule has 0 bridgehead atoms. The highest BCUT2D eigenvalue weighted by Crippen LogP contribution is 2.24. The van der Waals surface area contributed by atoms with Crippen molar-refractivity contribution in [1.82, 2.24) is 4.58 Å². The van der Waals surface area contributed by atoms with Crippen LogP contribution in [0.1, 0.15) is 24.3 Å². The zero-order valence-corrected chi connectivity index (χ0v) is 11.3. The van der Waals surface area contributed by atoms with Gasteiger partial charge in [-0.2, -0.15) is 0 Å². The lowest BCUT2D eigenvalue weighted by Gasteiger charge is -2.20. The Kier molecular flexibility index (Phi) is 3.39. The molecule has 88 valence electrons. The predicted molar refractivity (Wildman–Crippen MR) is 75.6 cm³/mol. The summed E-state index contributed by atoms with van der Waals surface area (Å²) < 4.78 is 4.02. The zero-order valence-electron chi connectivity index (χ0n) is 9.71. The van der Waals surface area contributed by atoms with Crippen LogP contribution in [-0.4, -0.2) is 13.1 Å². The number of rotatable bonds is 1. The molecule has 3 heteroatoms. The lowest BCUT2D eigenvalue weighted by molar-refractivity contribution is 0.411. The monoisotopic (exact) mass is 262 g/mol. The Morgan fingerprint density at radius 1 is 1.06 bits per heavy atom. The average molecular weight is 262 g/mol. The smallest absolute Gasteiger partial charge is 0.211 e. The van der Waals surface area contributed by atoms with Crippen LogP contribution in [0.15, 0.2) is 41.1 Å². The molecular formula is C14H16NS2+. The van der Waals surface area contributed by atoms with E-state index in [1.165, 1.54) is 35.5 Å². The maximum Gasteiger partial charge on any atom is 0.313 e. The molecule has 1 aliphatic rings. The molecule has 0 N–H and O–H groups in total. The highest BCUT2D eigenvalue weighted by atomic mass is 32.2. The Morgan fingerprint density at radius 3 is 2.59 bits per heavy atom. The highest BCUT2D eigenvalue weighted by Gasteiger charge is 2.24. The van der Waals surface area contributed by atoms with Gasteiger partial charge in [0.1, 0.15) is 6.54 Å². The molecule has 0 amide bonds. The van der Waals surface area contributed by atoms with Crippen molar-refractivity contribution in [3.63, 3.8) is 0 Å². The van der Waals surface area contributed by atoms with E-state index in [4.69, 9.17) is 0 Å². The van der Waals surface area contributed by atoms with Crippen molar-refractivity contribution in [2.75, 3.05) is 13.1 Å². The van der Waals surface area contributed by atoms with E-state index < -0.39 is 0 Å². The van der Waals surface area contributed by atoms with Crippen LogP contribution in [0.25, 0.3) is 0 Å². The second-order valence-corrected chi connectivity index (χ2v) is 6.52. The molecule has 0 spiro atoms. The quantitative estimate of drug-likeness (QED) is 0.695. The summed E-state index contributed by atoms with van der Waals surface area (Å²) in [6.45, 7) is 2.40. The van der Waals surface area contributed by atoms with Crippen LogP contribution in [0.4, 0.5) is 0 Å². The molecule has 0 saturated carbocycles. The van der Waals surface area contributed by atoms with Gasteiger partial charge in [0, 0.05) is 23.1 Å². The molecule has 17 heavy (non-hydrogen) atoms. The van der Waals surface area contributed by atoms with E-state index in [-0.39, 0.29) is 0 Å². The molecule has 1 saturated heterocycles. The Balaban J connectivity index is 1.89. The van der Waals surface area contributed by atoms with E-state index >= 15 is 0 Å². The molecule has 1 fully saturated rings. The SMILES string of the molecule is c1ccc(C2CCC[N+](=c3sccs3)C2)cc1. The topological polar surface area (TPSA) is 3.01 Å². The molecule has 1 aliphatic heterocycles. The third kappa shape index (κ3) is 2.50. The van der Waals surface area contributed by atoms with Gasteiger partial charge in [-0.3, -0.25) is 0 Å². The van der Waals surface area contributed by atoms with Gasteiger partial charge in [-0.25, -0.2) is 4.58 Å². The Hall–Kier alpha value is -0.930. The number of benzene rings is 1. The second kappa shape index (κ2) is 5.15. The van der Waals surface area contributed by atoms with Gasteiger partial charge in [-0.1, -0.05) is 53.0 Å².